The van der Waals surface area contributed by atoms with Gasteiger partial charge in [0.15, 0.2) is 0 Å². The van der Waals surface area contributed by atoms with Crippen molar-refractivity contribution in [2.24, 2.45) is 11.7 Å². The molecule has 0 heterocycles. The Bertz CT molecular complexity index is 372. The Labute approximate surface area is 106 Å². The van der Waals surface area contributed by atoms with Gasteiger partial charge in [0, 0.05) is 6.04 Å². The highest BCUT2D eigenvalue weighted by molar-refractivity contribution is 5.82. The summed E-state index contributed by atoms with van der Waals surface area (Å²) >= 11 is 0. The van der Waals surface area contributed by atoms with Crippen LogP contribution in [0.25, 0.3) is 0 Å². The molecule has 0 aromatic carbocycles. The number of aliphatic carboxylic acids is 1. The zero-order chi connectivity index (χ0) is 13.2. The minimum absolute atomic E-state index is 0.0151. The van der Waals surface area contributed by atoms with E-state index < -0.39 is 11.5 Å². The van der Waals surface area contributed by atoms with E-state index in [1.54, 1.807) is 0 Å². The fourth-order valence-electron chi connectivity index (χ4n) is 2.96. The van der Waals surface area contributed by atoms with Gasteiger partial charge < -0.3 is 16.2 Å². The number of carbonyl (C=O) groups excluding carboxylic acids is 1. The molecule has 0 aromatic rings. The van der Waals surface area contributed by atoms with Gasteiger partial charge in [-0.3, -0.25) is 9.59 Å². The van der Waals surface area contributed by atoms with E-state index in [2.05, 4.69) is 5.32 Å². The number of carbonyl (C=O) groups is 2. The SMILES string of the molecule is NC1C=CC(C(=O)NC2(CC(=O)O)CCCC2)C1. The zero-order valence-corrected chi connectivity index (χ0v) is 10.4. The quantitative estimate of drug-likeness (QED) is 0.645. The fraction of sp³-hybridized carbons (Fsp3) is 0.692. The number of hydrogen-bond acceptors (Lipinski definition) is 3. The molecule has 2 unspecified atom stereocenters. The Morgan fingerprint density at radius 2 is 2.00 bits per heavy atom. The van der Waals surface area contributed by atoms with Gasteiger partial charge in [0.25, 0.3) is 0 Å². The molecule has 0 spiro atoms. The van der Waals surface area contributed by atoms with Crippen molar-refractivity contribution in [3.05, 3.63) is 12.2 Å². The van der Waals surface area contributed by atoms with E-state index in [-0.39, 0.29) is 24.3 Å². The minimum atomic E-state index is -0.851. The van der Waals surface area contributed by atoms with Gasteiger partial charge in [0.2, 0.25) is 5.91 Å². The van der Waals surface area contributed by atoms with Crippen LogP contribution in [0.4, 0.5) is 0 Å². The predicted octanol–water partition coefficient (Wildman–Crippen LogP) is 0.793. The van der Waals surface area contributed by atoms with Crippen LogP contribution in [-0.2, 0) is 9.59 Å². The van der Waals surface area contributed by atoms with Crippen LogP contribution >= 0.6 is 0 Å². The van der Waals surface area contributed by atoms with Crippen molar-refractivity contribution in [1.29, 1.82) is 0 Å². The zero-order valence-electron chi connectivity index (χ0n) is 10.4. The summed E-state index contributed by atoms with van der Waals surface area (Å²) in [4.78, 5) is 23.1. The molecule has 2 atom stereocenters. The minimum Gasteiger partial charge on any atom is -0.481 e. The Morgan fingerprint density at radius 3 is 2.50 bits per heavy atom. The number of rotatable bonds is 4. The van der Waals surface area contributed by atoms with Crippen LogP contribution in [0.1, 0.15) is 38.5 Å². The molecule has 0 radical (unpaired) electrons. The van der Waals surface area contributed by atoms with Crippen LogP contribution in [0.15, 0.2) is 12.2 Å². The van der Waals surface area contributed by atoms with Gasteiger partial charge in [0.05, 0.1) is 17.9 Å². The lowest BCUT2D eigenvalue weighted by molar-refractivity contribution is -0.139. The number of nitrogens with two attached hydrogens (primary N) is 1. The molecule has 5 heteroatoms. The van der Waals surface area contributed by atoms with Gasteiger partial charge in [0.1, 0.15) is 0 Å². The van der Waals surface area contributed by atoms with Crippen LogP contribution in [-0.4, -0.2) is 28.6 Å². The van der Waals surface area contributed by atoms with Crippen LogP contribution in [0.5, 0.6) is 0 Å². The Hall–Kier alpha value is -1.36. The Kier molecular flexibility index (Phi) is 3.71. The van der Waals surface area contributed by atoms with Crippen LogP contribution in [0, 0.1) is 5.92 Å². The van der Waals surface area contributed by atoms with Crippen molar-refractivity contribution in [3.8, 4) is 0 Å². The molecule has 0 aromatic heterocycles. The maximum absolute atomic E-state index is 12.1. The van der Waals surface area contributed by atoms with Gasteiger partial charge in [-0.25, -0.2) is 0 Å². The average molecular weight is 252 g/mol. The molecule has 0 bridgehead atoms. The van der Waals surface area contributed by atoms with Crippen molar-refractivity contribution in [2.45, 2.75) is 50.1 Å². The van der Waals surface area contributed by atoms with Crippen molar-refractivity contribution in [2.75, 3.05) is 0 Å². The summed E-state index contributed by atoms with van der Waals surface area (Å²) in [6.45, 7) is 0. The summed E-state index contributed by atoms with van der Waals surface area (Å²) in [7, 11) is 0. The maximum atomic E-state index is 12.1. The lowest BCUT2D eigenvalue weighted by Gasteiger charge is -2.30. The molecule has 2 aliphatic carbocycles. The van der Waals surface area contributed by atoms with E-state index in [1.165, 1.54) is 0 Å². The smallest absolute Gasteiger partial charge is 0.305 e. The summed E-state index contributed by atoms with van der Waals surface area (Å²) < 4.78 is 0. The van der Waals surface area contributed by atoms with Gasteiger partial charge >= 0.3 is 5.97 Å². The number of hydrogen-bond donors (Lipinski definition) is 3. The number of nitrogens with one attached hydrogen (secondary N) is 1. The van der Waals surface area contributed by atoms with E-state index in [9.17, 15) is 9.59 Å². The first-order valence-electron chi connectivity index (χ1n) is 6.48. The molecule has 0 saturated heterocycles. The normalized spacial score (nSPS) is 29.4. The van der Waals surface area contributed by atoms with E-state index in [0.29, 0.717) is 6.42 Å². The largest absolute Gasteiger partial charge is 0.481 e. The number of carboxylic acid groups (broad SMARTS) is 1. The molecular weight excluding hydrogens is 232 g/mol. The van der Waals surface area contributed by atoms with Crippen LogP contribution in [0.2, 0.25) is 0 Å². The summed E-state index contributed by atoms with van der Waals surface area (Å²) in [5.41, 5.74) is 5.19. The highest BCUT2D eigenvalue weighted by Gasteiger charge is 2.39. The molecule has 1 amide bonds. The highest BCUT2D eigenvalue weighted by Crippen LogP contribution is 2.33. The molecule has 1 fully saturated rings. The van der Waals surface area contributed by atoms with Crippen molar-refractivity contribution in [3.63, 3.8) is 0 Å². The van der Waals surface area contributed by atoms with Crippen molar-refractivity contribution >= 4 is 11.9 Å². The van der Waals surface area contributed by atoms with Gasteiger partial charge in [-0.05, 0) is 19.3 Å². The predicted molar refractivity (Wildman–Crippen MR) is 66.8 cm³/mol. The first-order chi connectivity index (χ1) is 8.51. The second-order valence-electron chi connectivity index (χ2n) is 5.44. The maximum Gasteiger partial charge on any atom is 0.305 e. The van der Waals surface area contributed by atoms with E-state index in [0.717, 1.165) is 25.7 Å². The summed E-state index contributed by atoms with van der Waals surface area (Å²) in [5, 5.41) is 11.9. The molecule has 100 valence electrons. The lowest BCUT2D eigenvalue weighted by atomic mass is 9.92. The number of carboxylic acids is 1. The van der Waals surface area contributed by atoms with Gasteiger partial charge in [-0.1, -0.05) is 25.0 Å². The standard InChI is InChI=1S/C13H20N2O3/c14-10-4-3-9(7-10)12(18)15-13(8-11(16)17)5-1-2-6-13/h3-4,9-10H,1-2,5-8,14H2,(H,15,18)(H,16,17). The lowest BCUT2D eigenvalue weighted by Crippen LogP contribution is -2.49. The Morgan fingerprint density at radius 1 is 1.33 bits per heavy atom. The van der Waals surface area contributed by atoms with E-state index in [1.807, 2.05) is 12.2 Å². The first-order valence-corrected chi connectivity index (χ1v) is 6.48. The van der Waals surface area contributed by atoms with Crippen molar-refractivity contribution in [1.82, 2.24) is 5.32 Å². The molecule has 2 aliphatic rings. The molecule has 1 saturated carbocycles. The van der Waals surface area contributed by atoms with Crippen molar-refractivity contribution < 1.29 is 14.7 Å². The van der Waals surface area contributed by atoms with E-state index in [4.69, 9.17) is 10.8 Å². The Balaban J connectivity index is 1.99. The molecule has 4 N–H and O–H groups in total. The summed E-state index contributed by atoms with van der Waals surface area (Å²) in [5.74, 6) is -1.13. The van der Waals surface area contributed by atoms with Gasteiger partial charge in [-0.2, -0.15) is 0 Å². The fourth-order valence-corrected chi connectivity index (χ4v) is 2.96. The molecular formula is C13H20N2O3. The molecule has 0 aliphatic heterocycles. The van der Waals surface area contributed by atoms with Gasteiger partial charge in [-0.15, -0.1) is 0 Å². The second kappa shape index (κ2) is 5.10. The first kappa shape index (κ1) is 13.1. The van der Waals surface area contributed by atoms with Crippen LogP contribution < -0.4 is 11.1 Å². The number of amides is 1. The summed E-state index contributed by atoms with van der Waals surface area (Å²) in [6, 6.07) is -0.0558. The molecule has 18 heavy (non-hydrogen) atoms. The topological polar surface area (TPSA) is 92.4 Å². The third kappa shape index (κ3) is 2.90. The van der Waals surface area contributed by atoms with E-state index >= 15 is 0 Å². The highest BCUT2D eigenvalue weighted by atomic mass is 16.4. The third-order valence-corrected chi connectivity index (χ3v) is 3.89. The molecule has 5 nitrogen and oxygen atoms in total. The third-order valence-electron chi connectivity index (χ3n) is 3.89. The van der Waals surface area contributed by atoms with Crippen LogP contribution in [0.3, 0.4) is 0 Å². The second-order valence-corrected chi connectivity index (χ2v) is 5.44. The molecule has 2 rings (SSSR count). The monoisotopic (exact) mass is 252 g/mol. The summed E-state index contributed by atoms with van der Waals surface area (Å²) in [6.07, 6.45) is 7.77. The average Bonchev–Trinajstić information content (AvgIpc) is 2.87.